The molecule has 1 N–H and O–H groups in total. The monoisotopic (exact) mass is 453 g/mol. The topological polar surface area (TPSA) is 62.3 Å². The van der Waals surface area contributed by atoms with Crippen LogP contribution < -0.4 is 5.32 Å². The highest BCUT2D eigenvalue weighted by atomic mass is 32.2. The number of para-hydroxylation sites is 1. The van der Waals surface area contributed by atoms with Gasteiger partial charge in [-0.25, -0.2) is 4.98 Å². The molecule has 31 heavy (non-hydrogen) atoms. The molecule has 1 aromatic heterocycles. The Morgan fingerprint density at radius 2 is 1.84 bits per heavy atom. The molecule has 1 saturated heterocycles. The van der Waals surface area contributed by atoms with Gasteiger partial charge in [-0.3, -0.25) is 9.59 Å². The van der Waals surface area contributed by atoms with E-state index in [1.165, 1.54) is 9.71 Å². The fraction of sp³-hybridized carbons (Fsp3) is 0.375. The van der Waals surface area contributed by atoms with Gasteiger partial charge in [-0.05, 0) is 55.5 Å². The fourth-order valence-electron chi connectivity index (χ4n) is 3.96. The van der Waals surface area contributed by atoms with Crippen molar-refractivity contribution in [1.29, 1.82) is 0 Å². The Morgan fingerprint density at radius 1 is 1.13 bits per heavy atom. The van der Waals surface area contributed by atoms with Crippen LogP contribution in [0.2, 0.25) is 0 Å². The molecule has 2 aromatic carbocycles. The van der Waals surface area contributed by atoms with Crippen LogP contribution in [-0.2, 0) is 4.79 Å². The van der Waals surface area contributed by atoms with Crippen LogP contribution in [-0.4, -0.2) is 52.8 Å². The zero-order valence-electron chi connectivity index (χ0n) is 17.6. The predicted molar refractivity (Wildman–Crippen MR) is 129 cm³/mol. The minimum absolute atomic E-state index is 0.0288. The predicted octanol–water partition coefficient (Wildman–Crippen LogP) is 4.55. The number of amides is 2. The van der Waals surface area contributed by atoms with E-state index >= 15 is 0 Å². The zero-order valence-corrected chi connectivity index (χ0v) is 19.3. The number of carbonyl (C=O) groups is 2. The summed E-state index contributed by atoms with van der Waals surface area (Å²) < 4.78 is 1.22. The first-order valence-electron chi connectivity index (χ1n) is 10.6. The van der Waals surface area contributed by atoms with Crippen LogP contribution in [0, 0.1) is 0 Å². The van der Waals surface area contributed by atoms with E-state index < -0.39 is 6.04 Å². The molecule has 7 heteroatoms. The fourth-order valence-corrected chi connectivity index (χ4v) is 5.56. The van der Waals surface area contributed by atoms with Crippen LogP contribution in [0.1, 0.15) is 40.5 Å². The first-order valence-corrected chi connectivity index (χ1v) is 12.9. The third kappa shape index (κ3) is 5.28. The maximum atomic E-state index is 13.2. The number of piperidine rings is 1. The quantitative estimate of drug-likeness (QED) is 0.570. The van der Waals surface area contributed by atoms with Crippen molar-refractivity contribution in [3.8, 4) is 0 Å². The lowest BCUT2D eigenvalue weighted by molar-refractivity contribution is -0.134. The second kappa shape index (κ2) is 10.3. The molecule has 0 saturated carbocycles. The molecule has 4 rings (SSSR count). The first-order chi connectivity index (χ1) is 15.2. The molecule has 1 fully saturated rings. The van der Waals surface area contributed by atoms with Gasteiger partial charge in [0.15, 0.2) is 0 Å². The molecule has 1 aliphatic rings. The van der Waals surface area contributed by atoms with Gasteiger partial charge in [0.1, 0.15) is 6.04 Å². The van der Waals surface area contributed by atoms with E-state index in [0.717, 1.165) is 24.1 Å². The standard InChI is InChI=1S/C24H27N3O2S2/c1-30-16-13-20(25-22(28)17-7-3-2-4-8-17)24(29)27-14-11-18(12-15-27)23-26-19-9-5-6-10-21(19)31-23/h2-10,18,20H,11-16H2,1H3,(H,25,28)/t20-/m1/s1. The SMILES string of the molecule is CSCC[C@@H](NC(=O)c1ccccc1)C(=O)N1CCC(c2nc3ccccc3s2)CC1. The number of thiazole rings is 1. The maximum Gasteiger partial charge on any atom is 0.251 e. The van der Waals surface area contributed by atoms with Crippen LogP contribution >= 0.6 is 23.1 Å². The lowest BCUT2D eigenvalue weighted by Crippen LogP contribution is -2.50. The molecule has 162 valence electrons. The van der Waals surface area contributed by atoms with Crippen molar-refractivity contribution in [3.63, 3.8) is 0 Å². The van der Waals surface area contributed by atoms with Crippen molar-refractivity contribution >= 4 is 45.1 Å². The summed E-state index contributed by atoms with van der Waals surface area (Å²) in [4.78, 5) is 32.6. The number of carbonyl (C=O) groups excluding carboxylic acids is 2. The third-order valence-electron chi connectivity index (χ3n) is 5.72. The molecule has 0 aliphatic carbocycles. The average molecular weight is 454 g/mol. The van der Waals surface area contributed by atoms with Gasteiger partial charge in [-0.2, -0.15) is 11.8 Å². The maximum absolute atomic E-state index is 13.2. The first kappa shape index (κ1) is 21.8. The van der Waals surface area contributed by atoms with Gasteiger partial charge >= 0.3 is 0 Å². The van der Waals surface area contributed by atoms with Gasteiger partial charge in [0.2, 0.25) is 5.91 Å². The van der Waals surface area contributed by atoms with E-state index in [2.05, 4.69) is 17.4 Å². The van der Waals surface area contributed by atoms with Crippen LogP contribution in [0.15, 0.2) is 54.6 Å². The van der Waals surface area contributed by atoms with E-state index in [0.29, 0.717) is 31.0 Å². The smallest absolute Gasteiger partial charge is 0.251 e. The summed E-state index contributed by atoms with van der Waals surface area (Å²) in [6.45, 7) is 1.41. The van der Waals surface area contributed by atoms with Crippen molar-refractivity contribution in [2.24, 2.45) is 0 Å². The Morgan fingerprint density at radius 3 is 2.55 bits per heavy atom. The Labute approximate surface area is 191 Å². The normalized spacial score (nSPS) is 15.7. The van der Waals surface area contributed by atoms with Gasteiger partial charge in [0, 0.05) is 24.6 Å². The van der Waals surface area contributed by atoms with E-state index in [1.54, 1.807) is 35.2 Å². The van der Waals surface area contributed by atoms with Crippen LogP contribution in [0.3, 0.4) is 0 Å². The van der Waals surface area contributed by atoms with Crippen LogP contribution in [0.25, 0.3) is 10.2 Å². The molecular weight excluding hydrogens is 426 g/mol. The Balaban J connectivity index is 1.39. The van der Waals surface area contributed by atoms with Crippen molar-refractivity contribution in [2.75, 3.05) is 25.1 Å². The molecule has 5 nitrogen and oxygen atoms in total. The number of hydrogen-bond acceptors (Lipinski definition) is 5. The highest BCUT2D eigenvalue weighted by Crippen LogP contribution is 2.34. The molecule has 0 unspecified atom stereocenters. The van der Waals surface area contributed by atoms with E-state index in [-0.39, 0.29) is 11.8 Å². The third-order valence-corrected chi connectivity index (χ3v) is 7.56. The number of nitrogens with zero attached hydrogens (tertiary/aromatic N) is 2. The number of nitrogens with one attached hydrogen (secondary N) is 1. The number of hydrogen-bond donors (Lipinski definition) is 1. The van der Waals surface area contributed by atoms with Crippen molar-refractivity contribution in [2.45, 2.75) is 31.2 Å². The highest BCUT2D eigenvalue weighted by Gasteiger charge is 2.30. The molecule has 0 spiro atoms. The van der Waals surface area contributed by atoms with Crippen LogP contribution in [0.4, 0.5) is 0 Å². The highest BCUT2D eigenvalue weighted by molar-refractivity contribution is 7.98. The number of rotatable bonds is 7. The molecule has 0 radical (unpaired) electrons. The number of aromatic nitrogens is 1. The summed E-state index contributed by atoms with van der Waals surface area (Å²) in [5.41, 5.74) is 1.64. The lowest BCUT2D eigenvalue weighted by atomic mass is 9.96. The van der Waals surface area contributed by atoms with Gasteiger partial charge in [0.05, 0.1) is 15.2 Å². The number of likely N-dealkylation sites (tertiary alicyclic amines) is 1. The average Bonchev–Trinajstić information content (AvgIpc) is 3.26. The summed E-state index contributed by atoms with van der Waals surface area (Å²) in [6, 6.07) is 16.8. The molecule has 2 amide bonds. The van der Waals surface area contributed by atoms with E-state index in [1.807, 2.05) is 41.5 Å². The number of thioether (sulfide) groups is 1. The molecule has 0 bridgehead atoms. The molecule has 1 atom stereocenters. The van der Waals surface area contributed by atoms with Gasteiger partial charge in [-0.1, -0.05) is 30.3 Å². The molecule has 3 aromatic rings. The summed E-state index contributed by atoms with van der Waals surface area (Å²) in [7, 11) is 0. The number of fused-ring (bicyclic) bond motifs is 1. The Bertz CT molecular complexity index is 996. The minimum Gasteiger partial charge on any atom is -0.341 e. The molecular formula is C24H27N3O2S2. The summed E-state index contributed by atoms with van der Waals surface area (Å²) in [5.74, 6) is 1.06. The van der Waals surface area contributed by atoms with E-state index in [4.69, 9.17) is 4.98 Å². The summed E-state index contributed by atoms with van der Waals surface area (Å²) >= 11 is 3.45. The molecule has 2 heterocycles. The van der Waals surface area contributed by atoms with Gasteiger partial charge in [0.25, 0.3) is 5.91 Å². The summed E-state index contributed by atoms with van der Waals surface area (Å²) in [5, 5.41) is 4.14. The van der Waals surface area contributed by atoms with Crippen molar-refractivity contribution < 1.29 is 9.59 Å². The second-order valence-corrected chi connectivity index (χ2v) is 9.84. The largest absolute Gasteiger partial charge is 0.341 e. The second-order valence-electron chi connectivity index (χ2n) is 7.79. The van der Waals surface area contributed by atoms with Gasteiger partial charge < -0.3 is 10.2 Å². The minimum atomic E-state index is -0.487. The molecule has 1 aliphatic heterocycles. The summed E-state index contributed by atoms with van der Waals surface area (Å²) in [6.07, 6.45) is 4.47. The zero-order chi connectivity index (χ0) is 21.6. The van der Waals surface area contributed by atoms with Crippen molar-refractivity contribution in [3.05, 3.63) is 65.2 Å². The van der Waals surface area contributed by atoms with Crippen molar-refractivity contribution in [1.82, 2.24) is 15.2 Å². The Kier molecular flexibility index (Phi) is 7.25. The lowest BCUT2D eigenvalue weighted by Gasteiger charge is -2.33. The van der Waals surface area contributed by atoms with Crippen LogP contribution in [0.5, 0.6) is 0 Å². The van der Waals surface area contributed by atoms with E-state index in [9.17, 15) is 9.59 Å². The Hall–Kier alpha value is -2.38. The van der Waals surface area contributed by atoms with Gasteiger partial charge in [-0.15, -0.1) is 11.3 Å². The number of benzene rings is 2.